The summed E-state index contributed by atoms with van der Waals surface area (Å²) in [6.45, 7) is 18.5. The Morgan fingerprint density at radius 1 is 1.07 bits per heavy atom. The molecule has 0 amide bonds. The fourth-order valence-corrected chi connectivity index (χ4v) is 12.3. The molecule has 5 aliphatic carbocycles. The average molecular weight is 663 g/mol. The zero-order valence-corrected chi connectivity index (χ0v) is 29.3. The number of esters is 2. The van der Waals surface area contributed by atoms with Crippen molar-refractivity contribution in [2.45, 2.75) is 99.7 Å². The Labute approximate surface area is 272 Å². The summed E-state index contributed by atoms with van der Waals surface area (Å²) in [5, 5.41) is 0. The van der Waals surface area contributed by atoms with E-state index < -0.39 is 56.2 Å². The second-order valence-electron chi connectivity index (χ2n) is 15.6. The van der Waals surface area contributed by atoms with E-state index in [4.69, 9.17) is 19.3 Å². The van der Waals surface area contributed by atoms with E-state index in [0.29, 0.717) is 24.2 Å². The Morgan fingerprint density at radius 3 is 2.30 bits per heavy atom. The van der Waals surface area contributed by atoms with Gasteiger partial charge in [0.05, 0.1) is 6.61 Å². The van der Waals surface area contributed by atoms with E-state index in [0.717, 1.165) is 25.7 Å². The molecule has 0 aromatic carbocycles. The van der Waals surface area contributed by atoms with Crippen LogP contribution in [-0.2, 0) is 37.7 Å². The third-order valence-electron chi connectivity index (χ3n) is 14.0. The standard InChI is InChI=1S/C35H51O10P/c1-18(17-43-46(40,41)42)19(2)30(39)31(45-24(7)37)21(4)29-27(44-23(6)36)16-33(9)28-11-10-25-20(3)26(38)12-13-34(25)22(5)35(28,34)15-14-32(29,33)8/h12-13,18,20-22,25,27-29,31H,2,10-11,14-17H2,1,3-9H3,(H2,40,41,42)/t18-,20-,21-,22+,25?,27-,28-,29?,31+,32+,33-,34?,35-/m0/s1. The number of fused-ring (bicyclic) bond motifs is 2. The molecule has 0 aromatic rings. The SMILES string of the molecule is C=C(C(=O)[C@H](OC(C)=O)[C@@H](C)C1[C@@H](OC(C)=O)C[C@@]2(C)[C@@H]3CCC4[C@H](C)C(=O)C=CC45[C@@H](C)[C@@]35CC[C@]12C)[C@@H](C)COP(=O)(O)O. The Balaban J connectivity index is 1.51. The van der Waals surface area contributed by atoms with Crippen molar-refractivity contribution in [3.63, 3.8) is 0 Å². The van der Waals surface area contributed by atoms with Crippen LogP contribution in [0, 0.1) is 63.1 Å². The van der Waals surface area contributed by atoms with Crippen LogP contribution in [0.2, 0.25) is 0 Å². The van der Waals surface area contributed by atoms with Gasteiger partial charge >= 0.3 is 19.8 Å². The van der Waals surface area contributed by atoms with Crippen molar-refractivity contribution < 1.29 is 47.5 Å². The molecule has 4 fully saturated rings. The minimum Gasteiger partial charge on any atom is -0.462 e. The molecule has 0 saturated heterocycles. The van der Waals surface area contributed by atoms with Crippen molar-refractivity contribution in [3.05, 3.63) is 24.3 Å². The molecule has 46 heavy (non-hydrogen) atoms. The minimum atomic E-state index is -4.77. The van der Waals surface area contributed by atoms with Crippen molar-refractivity contribution in [2.75, 3.05) is 6.61 Å². The van der Waals surface area contributed by atoms with Gasteiger partial charge in [-0.3, -0.25) is 23.7 Å². The molecule has 5 aliphatic rings. The fraction of sp³-hybridized carbons (Fsp3) is 0.771. The largest absolute Gasteiger partial charge is 0.469 e. The van der Waals surface area contributed by atoms with E-state index in [9.17, 15) is 23.7 Å². The molecule has 2 spiro atoms. The van der Waals surface area contributed by atoms with Gasteiger partial charge < -0.3 is 19.3 Å². The quantitative estimate of drug-likeness (QED) is 0.172. The molecule has 2 N–H and O–H groups in total. The molecule has 3 unspecified atom stereocenters. The average Bonchev–Trinajstić information content (AvgIpc) is 3.39. The number of hydrogen-bond acceptors (Lipinski definition) is 8. The molecule has 0 heterocycles. The number of rotatable bonds is 10. The summed E-state index contributed by atoms with van der Waals surface area (Å²) in [6.07, 6.45) is 6.64. The highest BCUT2D eigenvalue weighted by Gasteiger charge is 2.85. The number of phosphoric acid groups is 1. The molecule has 11 heteroatoms. The first kappa shape index (κ1) is 35.2. The summed E-state index contributed by atoms with van der Waals surface area (Å²) in [7, 11) is -4.77. The number of ketones is 2. The molecule has 5 rings (SSSR count). The first-order valence-corrected chi connectivity index (χ1v) is 18.2. The summed E-state index contributed by atoms with van der Waals surface area (Å²) in [5.41, 5.74) is -0.593. The van der Waals surface area contributed by atoms with Gasteiger partial charge in [0.15, 0.2) is 17.7 Å². The summed E-state index contributed by atoms with van der Waals surface area (Å²) in [6, 6.07) is 0. The predicted octanol–water partition coefficient (Wildman–Crippen LogP) is 5.61. The first-order valence-electron chi connectivity index (χ1n) is 16.7. The lowest BCUT2D eigenvalue weighted by Crippen LogP contribution is -2.56. The first-order chi connectivity index (χ1) is 21.2. The van der Waals surface area contributed by atoms with E-state index >= 15 is 0 Å². The molecule has 0 aliphatic heterocycles. The second-order valence-corrected chi connectivity index (χ2v) is 16.9. The van der Waals surface area contributed by atoms with Gasteiger partial charge in [-0.05, 0) is 77.8 Å². The van der Waals surface area contributed by atoms with Crippen LogP contribution in [0.1, 0.15) is 87.5 Å². The van der Waals surface area contributed by atoms with Gasteiger partial charge in [-0.25, -0.2) is 4.57 Å². The zero-order chi connectivity index (χ0) is 34.4. The molecule has 13 atom stereocenters. The monoisotopic (exact) mass is 662 g/mol. The lowest BCUT2D eigenvalue weighted by atomic mass is 9.43. The van der Waals surface area contributed by atoms with Crippen molar-refractivity contribution in [2.24, 2.45) is 63.1 Å². The molecular weight excluding hydrogens is 611 g/mol. The Kier molecular flexibility index (Phi) is 8.79. The normalized spacial score (nSPS) is 42.8. The maximum absolute atomic E-state index is 14.0. The van der Waals surface area contributed by atoms with E-state index in [1.165, 1.54) is 13.8 Å². The fourth-order valence-electron chi connectivity index (χ4n) is 11.9. The maximum Gasteiger partial charge on any atom is 0.469 e. The summed E-state index contributed by atoms with van der Waals surface area (Å²) < 4.78 is 27.8. The second kappa shape index (κ2) is 11.5. The topological polar surface area (TPSA) is 154 Å². The van der Waals surface area contributed by atoms with Gasteiger partial charge in [0.1, 0.15) is 6.10 Å². The van der Waals surface area contributed by atoms with Gasteiger partial charge in [-0.2, -0.15) is 0 Å². The lowest BCUT2D eigenvalue weighted by molar-refractivity contribution is -0.166. The van der Waals surface area contributed by atoms with Gasteiger partial charge in [0.25, 0.3) is 0 Å². The van der Waals surface area contributed by atoms with Crippen molar-refractivity contribution >= 4 is 31.3 Å². The third kappa shape index (κ3) is 4.95. The number of carbonyl (C=O) groups is 4. The molecule has 0 bridgehead atoms. The van der Waals surface area contributed by atoms with Crippen LogP contribution in [0.25, 0.3) is 0 Å². The van der Waals surface area contributed by atoms with Gasteiger partial charge in [0.2, 0.25) is 0 Å². The number of carbonyl (C=O) groups excluding carboxylic acids is 4. The van der Waals surface area contributed by atoms with Gasteiger partial charge in [-0.1, -0.05) is 54.2 Å². The molecule has 0 aromatic heterocycles. The van der Waals surface area contributed by atoms with Gasteiger partial charge in [0, 0.05) is 42.9 Å². The summed E-state index contributed by atoms with van der Waals surface area (Å²) in [4.78, 5) is 70.1. The third-order valence-corrected chi connectivity index (χ3v) is 14.5. The van der Waals surface area contributed by atoms with E-state index in [-0.39, 0.29) is 44.9 Å². The maximum atomic E-state index is 14.0. The number of allylic oxidation sites excluding steroid dienone is 2. The van der Waals surface area contributed by atoms with Crippen LogP contribution >= 0.6 is 7.82 Å². The molecule has 256 valence electrons. The van der Waals surface area contributed by atoms with E-state index in [1.807, 2.05) is 13.0 Å². The van der Waals surface area contributed by atoms with Crippen LogP contribution in [0.4, 0.5) is 0 Å². The van der Waals surface area contributed by atoms with Gasteiger partial charge in [-0.15, -0.1) is 0 Å². The number of phosphoric ester groups is 1. The van der Waals surface area contributed by atoms with Crippen LogP contribution < -0.4 is 0 Å². The summed E-state index contributed by atoms with van der Waals surface area (Å²) >= 11 is 0. The van der Waals surface area contributed by atoms with Crippen LogP contribution in [0.3, 0.4) is 0 Å². The highest BCUT2D eigenvalue weighted by Crippen LogP contribution is 2.89. The lowest BCUT2D eigenvalue weighted by Gasteiger charge is -2.61. The van der Waals surface area contributed by atoms with E-state index in [2.05, 4.69) is 44.9 Å². The van der Waals surface area contributed by atoms with E-state index in [1.54, 1.807) is 6.92 Å². The molecule has 4 saturated carbocycles. The Morgan fingerprint density at radius 2 is 1.72 bits per heavy atom. The Hall–Kier alpha value is -2.13. The van der Waals surface area contributed by atoms with Crippen molar-refractivity contribution in [1.29, 1.82) is 0 Å². The molecular formula is C35H51O10P. The summed E-state index contributed by atoms with van der Waals surface area (Å²) in [5.74, 6) is -1.99. The number of Topliss-reactive ketones (excluding diaryl/α,β-unsaturated/α-hetero) is 1. The number of hydrogen-bond donors (Lipinski definition) is 2. The highest BCUT2D eigenvalue weighted by atomic mass is 31.2. The Bertz CT molecular complexity index is 1420. The molecule has 0 radical (unpaired) electrons. The highest BCUT2D eigenvalue weighted by molar-refractivity contribution is 7.46. The van der Waals surface area contributed by atoms with Crippen LogP contribution in [0.5, 0.6) is 0 Å². The van der Waals surface area contributed by atoms with Crippen molar-refractivity contribution in [3.8, 4) is 0 Å². The number of ether oxygens (including phenoxy) is 2. The predicted molar refractivity (Wildman–Crippen MR) is 169 cm³/mol. The molecule has 10 nitrogen and oxygen atoms in total. The smallest absolute Gasteiger partial charge is 0.462 e. The van der Waals surface area contributed by atoms with Crippen LogP contribution in [0.15, 0.2) is 24.3 Å². The zero-order valence-electron chi connectivity index (χ0n) is 28.4. The van der Waals surface area contributed by atoms with Crippen molar-refractivity contribution in [1.82, 2.24) is 0 Å². The van der Waals surface area contributed by atoms with Crippen LogP contribution in [-0.4, -0.2) is 52.1 Å². The minimum absolute atomic E-state index is 0.00267.